The topological polar surface area (TPSA) is 29.3 Å². The molecule has 0 aromatic heterocycles. The van der Waals surface area contributed by atoms with Crippen molar-refractivity contribution in [1.82, 2.24) is 4.90 Å². The largest absolute Gasteiger partial charge is 0.441 e. The van der Waals surface area contributed by atoms with Crippen molar-refractivity contribution in [2.45, 2.75) is 31.3 Å². The zero-order valence-corrected chi connectivity index (χ0v) is 10.3. The fraction of sp³-hybridized carbons (Fsp3) is 1.00. The summed E-state index contributed by atoms with van der Waals surface area (Å²) in [6.07, 6.45) is 2.19. The highest BCUT2D eigenvalue weighted by molar-refractivity contribution is 8.00. The van der Waals surface area contributed by atoms with Gasteiger partial charge >= 0.3 is 5.51 Å². The molecule has 1 fully saturated rings. The molecule has 0 radical (unpaired) electrons. The molecule has 0 aromatic carbocycles. The highest BCUT2D eigenvalue weighted by Gasteiger charge is 2.30. The molecule has 0 saturated carbocycles. The first kappa shape index (κ1) is 14.1. The Balaban J connectivity index is 2.34. The van der Waals surface area contributed by atoms with Crippen LogP contribution in [0, 0.1) is 5.92 Å². The predicted octanol–water partition coefficient (Wildman–Crippen LogP) is 2.30. The Bertz CT molecular complexity index is 211. The number of halogens is 3. The SMILES string of the molecule is CC1CCCN(CCSC(F)(F)F)C1CN. The summed E-state index contributed by atoms with van der Waals surface area (Å²) in [7, 11) is 0. The molecule has 16 heavy (non-hydrogen) atoms. The van der Waals surface area contributed by atoms with E-state index >= 15 is 0 Å². The lowest BCUT2D eigenvalue weighted by Crippen LogP contribution is -2.49. The Hall–Kier alpha value is 0.0600. The molecule has 1 saturated heterocycles. The first-order chi connectivity index (χ1) is 7.44. The molecule has 0 aromatic rings. The molecule has 1 heterocycles. The number of piperidine rings is 1. The zero-order valence-electron chi connectivity index (χ0n) is 9.46. The van der Waals surface area contributed by atoms with Crippen LogP contribution in [-0.2, 0) is 0 Å². The first-order valence-corrected chi connectivity index (χ1v) is 6.57. The van der Waals surface area contributed by atoms with Crippen LogP contribution in [0.5, 0.6) is 0 Å². The number of thioether (sulfide) groups is 1. The summed E-state index contributed by atoms with van der Waals surface area (Å²) in [6.45, 7) is 4.03. The van der Waals surface area contributed by atoms with Crippen molar-refractivity contribution in [1.29, 1.82) is 0 Å². The predicted molar refractivity (Wildman–Crippen MR) is 61.3 cm³/mol. The van der Waals surface area contributed by atoms with Crippen LogP contribution in [-0.4, -0.2) is 41.8 Å². The van der Waals surface area contributed by atoms with E-state index in [1.165, 1.54) is 0 Å². The van der Waals surface area contributed by atoms with Gasteiger partial charge in [-0.05, 0) is 37.1 Å². The van der Waals surface area contributed by atoms with Crippen molar-refractivity contribution in [2.75, 3.05) is 25.4 Å². The van der Waals surface area contributed by atoms with E-state index in [9.17, 15) is 13.2 Å². The maximum absolute atomic E-state index is 12.0. The van der Waals surface area contributed by atoms with Crippen molar-refractivity contribution in [3.63, 3.8) is 0 Å². The molecular weight excluding hydrogens is 237 g/mol. The van der Waals surface area contributed by atoms with Gasteiger partial charge in [0.15, 0.2) is 0 Å². The van der Waals surface area contributed by atoms with Gasteiger partial charge in [0.05, 0.1) is 0 Å². The quantitative estimate of drug-likeness (QED) is 0.837. The average molecular weight is 256 g/mol. The molecular formula is C10H19F3N2S. The van der Waals surface area contributed by atoms with E-state index in [1.807, 2.05) is 0 Å². The van der Waals surface area contributed by atoms with Crippen LogP contribution in [0.1, 0.15) is 19.8 Å². The van der Waals surface area contributed by atoms with Crippen molar-refractivity contribution in [3.05, 3.63) is 0 Å². The summed E-state index contributed by atoms with van der Waals surface area (Å²) in [5.74, 6) is 0.599. The molecule has 1 aliphatic heterocycles. The van der Waals surface area contributed by atoms with Gasteiger partial charge in [0.25, 0.3) is 0 Å². The number of likely N-dealkylation sites (tertiary alicyclic amines) is 1. The lowest BCUT2D eigenvalue weighted by Gasteiger charge is -2.39. The smallest absolute Gasteiger partial charge is 0.329 e. The van der Waals surface area contributed by atoms with Crippen LogP contribution in [0.15, 0.2) is 0 Å². The lowest BCUT2D eigenvalue weighted by molar-refractivity contribution is -0.0330. The second kappa shape index (κ2) is 6.12. The lowest BCUT2D eigenvalue weighted by atomic mass is 9.91. The molecule has 2 N–H and O–H groups in total. The molecule has 2 nitrogen and oxygen atoms in total. The molecule has 0 aliphatic carbocycles. The van der Waals surface area contributed by atoms with Crippen LogP contribution in [0.3, 0.4) is 0 Å². The number of nitrogens with zero attached hydrogens (tertiary/aromatic N) is 1. The average Bonchev–Trinajstić information content (AvgIpc) is 2.16. The number of hydrogen-bond donors (Lipinski definition) is 1. The highest BCUT2D eigenvalue weighted by atomic mass is 32.2. The second-order valence-corrected chi connectivity index (χ2v) is 5.41. The summed E-state index contributed by atoms with van der Waals surface area (Å²) >= 11 is 0.0585. The zero-order chi connectivity index (χ0) is 12.2. The van der Waals surface area contributed by atoms with Crippen molar-refractivity contribution < 1.29 is 13.2 Å². The first-order valence-electron chi connectivity index (χ1n) is 5.59. The van der Waals surface area contributed by atoms with Gasteiger partial charge in [0.1, 0.15) is 0 Å². The van der Waals surface area contributed by atoms with E-state index in [4.69, 9.17) is 5.73 Å². The second-order valence-electron chi connectivity index (χ2n) is 4.25. The van der Waals surface area contributed by atoms with Gasteiger partial charge in [-0.15, -0.1) is 0 Å². The Labute approximate surface area is 98.7 Å². The van der Waals surface area contributed by atoms with Crippen LogP contribution in [0.4, 0.5) is 13.2 Å². The van der Waals surface area contributed by atoms with Gasteiger partial charge in [-0.1, -0.05) is 6.92 Å². The molecule has 1 aliphatic rings. The number of rotatable bonds is 4. The van der Waals surface area contributed by atoms with E-state index in [-0.39, 0.29) is 23.6 Å². The van der Waals surface area contributed by atoms with Gasteiger partial charge in [-0.3, -0.25) is 4.90 Å². The molecule has 96 valence electrons. The monoisotopic (exact) mass is 256 g/mol. The van der Waals surface area contributed by atoms with Crippen LogP contribution in [0.2, 0.25) is 0 Å². The van der Waals surface area contributed by atoms with Gasteiger partial charge < -0.3 is 5.73 Å². The van der Waals surface area contributed by atoms with Gasteiger partial charge in [0, 0.05) is 24.9 Å². The van der Waals surface area contributed by atoms with Crippen molar-refractivity contribution in [3.8, 4) is 0 Å². The third-order valence-electron chi connectivity index (χ3n) is 3.12. The minimum absolute atomic E-state index is 0.0585. The minimum atomic E-state index is -4.11. The number of alkyl halides is 3. The van der Waals surface area contributed by atoms with Crippen LogP contribution < -0.4 is 5.73 Å². The molecule has 0 bridgehead atoms. The number of hydrogen-bond acceptors (Lipinski definition) is 3. The van der Waals surface area contributed by atoms with Gasteiger partial charge in [-0.25, -0.2) is 0 Å². The van der Waals surface area contributed by atoms with Crippen molar-refractivity contribution in [2.24, 2.45) is 11.7 Å². The fourth-order valence-electron chi connectivity index (χ4n) is 2.27. The van der Waals surface area contributed by atoms with Crippen molar-refractivity contribution >= 4 is 11.8 Å². The summed E-state index contributed by atoms with van der Waals surface area (Å²) in [6, 6.07) is 0.252. The Morgan fingerprint density at radius 3 is 2.69 bits per heavy atom. The summed E-state index contributed by atoms with van der Waals surface area (Å²) in [5, 5.41) is 0. The minimum Gasteiger partial charge on any atom is -0.329 e. The third kappa shape index (κ3) is 4.51. The third-order valence-corrected chi connectivity index (χ3v) is 3.83. The summed E-state index contributed by atoms with van der Waals surface area (Å²) in [4.78, 5) is 2.10. The van der Waals surface area contributed by atoms with E-state index in [2.05, 4.69) is 11.8 Å². The summed E-state index contributed by atoms with van der Waals surface area (Å²) in [5.41, 5.74) is 1.56. The maximum Gasteiger partial charge on any atom is 0.441 e. The van der Waals surface area contributed by atoms with E-state index in [0.29, 0.717) is 19.0 Å². The Kier molecular flexibility index (Phi) is 5.40. The molecule has 2 unspecified atom stereocenters. The normalized spacial score (nSPS) is 28.3. The fourth-order valence-corrected chi connectivity index (χ4v) is 2.83. The molecule has 0 spiro atoms. The van der Waals surface area contributed by atoms with Crippen LogP contribution in [0.25, 0.3) is 0 Å². The van der Waals surface area contributed by atoms with E-state index in [0.717, 1.165) is 19.4 Å². The standard InChI is InChI=1S/C10H19F3N2S/c1-8-3-2-4-15(9(8)7-14)5-6-16-10(11,12)13/h8-9H,2-7,14H2,1H3. The van der Waals surface area contributed by atoms with E-state index < -0.39 is 5.51 Å². The van der Waals surface area contributed by atoms with Gasteiger partial charge in [-0.2, -0.15) is 13.2 Å². The molecule has 0 amide bonds. The number of nitrogens with two attached hydrogens (primary N) is 1. The summed E-state index contributed by atoms with van der Waals surface area (Å²) < 4.78 is 36.0. The Morgan fingerprint density at radius 1 is 1.44 bits per heavy atom. The molecule has 2 atom stereocenters. The molecule has 6 heteroatoms. The van der Waals surface area contributed by atoms with Crippen LogP contribution >= 0.6 is 11.8 Å². The Morgan fingerprint density at radius 2 is 2.12 bits per heavy atom. The molecule has 1 rings (SSSR count). The van der Waals surface area contributed by atoms with Gasteiger partial charge in [0.2, 0.25) is 0 Å². The van der Waals surface area contributed by atoms with E-state index in [1.54, 1.807) is 0 Å². The highest BCUT2D eigenvalue weighted by Crippen LogP contribution is 2.30. The maximum atomic E-state index is 12.0.